The number of pyridine rings is 1. The Morgan fingerprint density at radius 1 is 1.25 bits per heavy atom. The lowest BCUT2D eigenvalue weighted by atomic mass is 10.2. The second-order valence-corrected chi connectivity index (χ2v) is 5.10. The molecule has 1 aromatic heterocycles. The number of aromatic nitrogens is 1. The first-order valence-corrected chi connectivity index (χ1v) is 6.71. The van der Waals surface area contributed by atoms with Crippen LogP contribution in [-0.4, -0.2) is 16.9 Å². The van der Waals surface area contributed by atoms with Gasteiger partial charge in [-0.2, -0.15) is 0 Å². The van der Waals surface area contributed by atoms with Gasteiger partial charge < -0.3 is 10.6 Å². The third kappa shape index (κ3) is 3.71. The molecule has 0 aliphatic carbocycles. The summed E-state index contributed by atoms with van der Waals surface area (Å²) in [5, 5.41) is 6.48. The zero-order valence-corrected chi connectivity index (χ0v) is 12.1. The minimum absolute atomic E-state index is 0.238. The maximum absolute atomic E-state index is 12.2. The number of hydrogen-bond acceptors (Lipinski definition) is 3. The van der Waals surface area contributed by atoms with Crippen molar-refractivity contribution in [3.63, 3.8) is 0 Å². The van der Waals surface area contributed by atoms with Crippen LogP contribution in [0.2, 0.25) is 5.02 Å². The van der Waals surface area contributed by atoms with Gasteiger partial charge in [-0.15, -0.1) is 0 Å². The lowest BCUT2D eigenvalue weighted by molar-refractivity contribution is 0.102. The lowest BCUT2D eigenvalue weighted by Crippen LogP contribution is -2.14. The number of para-hydroxylation sites is 1. The molecular weight excluding hydrogens is 274 g/mol. The van der Waals surface area contributed by atoms with E-state index >= 15 is 0 Å². The molecule has 0 saturated carbocycles. The van der Waals surface area contributed by atoms with Crippen molar-refractivity contribution in [2.45, 2.75) is 19.9 Å². The number of benzene rings is 1. The van der Waals surface area contributed by atoms with E-state index in [0.29, 0.717) is 16.3 Å². The predicted molar refractivity (Wildman–Crippen MR) is 82.4 cm³/mol. The Balaban J connectivity index is 2.15. The third-order valence-corrected chi connectivity index (χ3v) is 2.91. The zero-order chi connectivity index (χ0) is 14.5. The Bertz CT molecular complexity index is 614. The summed E-state index contributed by atoms with van der Waals surface area (Å²) < 4.78 is 0. The number of nitrogens with zero attached hydrogens (tertiary/aromatic N) is 1. The summed E-state index contributed by atoms with van der Waals surface area (Å²) in [5.41, 5.74) is 1.88. The van der Waals surface area contributed by atoms with E-state index in [4.69, 9.17) is 11.6 Å². The van der Waals surface area contributed by atoms with Crippen LogP contribution in [0.5, 0.6) is 0 Å². The molecule has 0 aliphatic heterocycles. The highest BCUT2D eigenvalue weighted by Gasteiger charge is 2.09. The number of carbonyl (C=O) groups excluding carboxylic acids is 1. The first-order valence-electron chi connectivity index (χ1n) is 6.33. The van der Waals surface area contributed by atoms with Crippen LogP contribution in [0.15, 0.2) is 42.7 Å². The normalized spacial score (nSPS) is 10.4. The predicted octanol–water partition coefficient (Wildman–Crippen LogP) is 3.81. The van der Waals surface area contributed by atoms with Crippen molar-refractivity contribution < 1.29 is 4.79 Å². The van der Waals surface area contributed by atoms with Crippen LogP contribution in [0.3, 0.4) is 0 Å². The number of rotatable bonds is 4. The van der Waals surface area contributed by atoms with Crippen LogP contribution >= 0.6 is 11.6 Å². The Morgan fingerprint density at radius 2 is 2.00 bits per heavy atom. The van der Waals surface area contributed by atoms with Gasteiger partial charge in [-0.25, -0.2) is 0 Å². The average molecular weight is 290 g/mol. The summed E-state index contributed by atoms with van der Waals surface area (Å²) in [6, 6.07) is 9.15. The van der Waals surface area contributed by atoms with Gasteiger partial charge in [0.25, 0.3) is 5.91 Å². The standard InChI is InChI=1S/C15H16ClN3O/c1-10(2)18-12-7-11(8-17-9-12)15(20)19-14-6-4-3-5-13(14)16/h3-10,18H,1-2H3,(H,19,20). The maximum atomic E-state index is 12.2. The molecule has 0 unspecified atom stereocenters. The summed E-state index contributed by atoms with van der Waals surface area (Å²) in [5.74, 6) is -0.238. The van der Waals surface area contributed by atoms with Gasteiger partial charge in [0.05, 0.1) is 22.0 Å². The third-order valence-electron chi connectivity index (χ3n) is 2.58. The van der Waals surface area contributed by atoms with Gasteiger partial charge in [0.2, 0.25) is 0 Å². The Labute approximate surface area is 123 Å². The molecule has 1 aromatic carbocycles. The molecule has 0 aliphatic rings. The highest BCUT2D eigenvalue weighted by Crippen LogP contribution is 2.21. The molecule has 20 heavy (non-hydrogen) atoms. The molecule has 0 radical (unpaired) electrons. The highest BCUT2D eigenvalue weighted by molar-refractivity contribution is 6.33. The van der Waals surface area contributed by atoms with Gasteiger partial charge >= 0.3 is 0 Å². The largest absolute Gasteiger partial charge is 0.382 e. The van der Waals surface area contributed by atoms with Gasteiger partial charge in [0.15, 0.2) is 0 Å². The molecular formula is C15H16ClN3O. The Hall–Kier alpha value is -2.07. The molecule has 0 fully saturated rings. The quantitative estimate of drug-likeness (QED) is 0.900. The average Bonchev–Trinajstić information content (AvgIpc) is 2.41. The van der Waals surface area contributed by atoms with Crippen LogP contribution in [0, 0.1) is 0 Å². The van der Waals surface area contributed by atoms with Crippen LogP contribution in [0.25, 0.3) is 0 Å². The molecule has 1 heterocycles. The molecule has 2 rings (SSSR count). The van der Waals surface area contributed by atoms with Crippen molar-refractivity contribution in [3.05, 3.63) is 53.3 Å². The molecule has 0 bridgehead atoms. The fourth-order valence-electron chi connectivity index (χ4n) is 1.73. The first kappa shape index (κ1) is 14.3. The van der Waals surface area contributed by atoms with Crippen molar-refractivity contribution in [2.75, 3.05) is 10.6 Å². The summed E-state index contributed by atoms with van der Waals surface area (Å²) in [4.78, 5) is 16.2. The van der Waals surface area contributed by atoms with E-state index in [1.807, 2.05) is 26.0 Å². The first-order chi connectivity index (χ1) is 9.56. The number of amides is 1. The van der Waals surface area contributed by atoms with Crippen LogP contribution in [0.1, 0.15) is 24.2 Å². The van der Waals surface area contributed by atoms with Crippen LogP contribution in [-0.2, 0) is 0 Å². The molecule has 2 aromatic rings. The van der Waals surface area contributed by atoms with Gasteiger partial charge in [-0.3, -0.25) is 9.78 Å². The van der Waals surface area contributed by atoms with E-state index in [1.165, 1.54) is 6.20 Å². The summed E-state index contributed by atoms with van der Waals surface area (Å²) in [6.07, 6.45) is 3.21. The van der Waals surface area contributed by atoms with Gasteiger partial charge in [0, 0.05) is 18.4 Å². The monoisotopic (exact) mass is 289 g/mol. The number of anilines is 2. The zero-order valence-electron chi connectivity index (χ0n) is 11.4. The Kier molecular flexibility index (Phi) is 4.58. The highest BCUT2D eigenvalue weighted by atomic mass is 35.5. The summed E-state index contributed by atoms with van der Waals surface area (Å²) in [7, 11) is 0. The van der Waals surface area contributed by atoms with E-state index in [0.717, 1.165) is 5.69 Å². The van der Waals surface area contributed by atoms with Crippen molar-refractivity contribution in [2.24, 2.45) is 0 Å². The number of hydrogen-bond donors (Lipinski definition) is 2. The van der Waals surface area contributed by atoms with E-state index in [-0.39, 0.29) is 11.9 Å². The molecule has 0 spiro atoms. The van der Waals surface area contributed by atoms with Crippen LogP contribution < -0.4 is 10.6 Å². The molecule has 1 amide bonds. The summed E-state index contributed by atoms with van der Waals surface area (Å²) >= 11 is 6.01. The lowest BCUT2D eigenvalue weighted by Gasteiger charge is -2.11. The molecule has 0 atom stereocenters. The second-order valence-electron chi connectivity index (χ2n) is 4.70. The maximum Gasteiger partial charge on any atom is 0.257 e. The minimum Gasteiger partial charge on any atom is -0.382 e. The minimum atomic E-state index is -0.238. The second kappa shape index (κ2) is 6.39. The van der Waals surface area contributed by atoms with Gasteiger partial charge in [0.1, 0.15) is 0 Å². The molecule has 104 valence electrons. The topological polar surface area (TPSA) is 54.0 Å². The SMILES string of the molecule is CC(C)Nc1cncc(C(=O)Nc2ccccc2Cl)c1. The molecule has 2 N–H and O–H groups in total. The Morgan fingerprint density at radius 3 is 2.70 bits per heavy atom. The van der Waals surface area contributed by atoms with Gasteiger partial charge in [-0.1, -0.05) is 23.7 Å². The van der Waals surface area contributed by atoms with E-state index in [9.17, 15) is 4.79 Å². The number of nitrogens with one attached hydrogen (secondary N) is 2. The fourth-order valence-corrected chi connectivity index (χ4v) is 1.92. The molecule has 5 heteroatoms. The van der Waals surface area contributed by atoms with Crippen LogP contribution in [0.4, 0.5) is 11.4 Å². The van der Waals surface area contributed by atoms with E-state index in [1.54, 1.807) is 24.4 Å². The van der Waals surface area contributed by atoms with Crippen molar-refractivity contribution in [1.82, 2.24) is 4.98 Å². The number of halogens is 1. The fraction of sp³-hybridized carbons (Fsp3) is 0.200. The smallest absolute Gasteiger partial charge is 0.257 e. The van der Waals surface area contributed by atoms with Crippen molar-refractivity contribution >= 4 is 28.9 Å². The van der Waals surface area contributed by atoms with E-state index in [2.05, 4.69) is 15.6 Å². The summed E-state index contributed by atoms with van der Waals surface area (Å²) in [6.45, 7) is 4.05. The van der Waals surface area contributed by atoms with Crippen molar-refractivity contribution in [1.29, 1.82) is 0 Å². The molecule has 0 saturated heterocycles. The van der Waals surface area contributed by atoms with E-state index < -0.39 is 0 Å². The van der Waals surface area contributed by atoms with Gasteiger partial charge in [-0.05, 0) is 32.0 Å². The van der Waals surface area contributed by atoms with Crippen molar-refractivity contribution in [3.8, 4) is 0 Å². The molecule has 4 nitrogen and oxygen atoms in total. The number of carbonyl (C=O) groups is 1.